The number of rotatable bonds is 5. The van der Waals surface area contributed by atoms with Gasteiger partial charge in [0.15, 0.2) is 6.29 Å². The Morgan fingerprint density at radius 3 is 2.41 bits per heavy atom. The zero-order valence-electron chi connectivity index (χ0n) is 11.6. The number of hydrogen-bond acceptors (Lipinski definition) is 4. The fraction of sp³-hybridized carbons (Fsp3) is 1.00. The van der Waals surface area contributed by atoms with Crippen LogP contribution in [0.3, 0.4) is 0 Å². The Kier molecular flexibility index (Phi) is 9.74. The standard InChI is InChI=1S/C11H22O4.C2H6/c1-3-4-5-6-14-11-10(13)7-9(12)8(2)15-11;1-2/h8-13H,3-7H2,1-2H3;1-2H3. The maximum Gasteiger partial charge on any atom is 0.183 e. The Bertz CT molecular complexity index is 175. The first-order valence-corrected chi connectivity index (χ1v) is 6.78. The van der Waals surface area contributed by atoms with Crippen LogP contribution in [0.1, 0.15) is 53.4 Å². The normalized spacial score (nSPS) is 32.8. The third-order valence-electron chi connectivity index (χ3n) is 2.72. The molecule has 4 heteroatoms. The lowest BCUT2D eigenvalue weighted by Gasteiger charge is -2.35. The van der Waals surface area contributed by atoms with Crippen molar-refractivity contribution in [3.05, 3.63) is 0 Å². The Balaban J connectivity index is 0.00000121. The summed E-state index contributed by atoms with van der Waals surface area (Å²) < 4.78 is 10.8. The number of ether oxygens (including phenoxy) is 2. The minimum Gasteiger partial charge on any atom is -0.390 e. The Morgan fingerprint density at radius 2 is 1.82 bits per heavy atom. The fourth-order valence-corrected chi connectivity index (χ4v) is 1.65. The lowest BCUT2D eigenvalue weighted by molar-refractivity contribution is -0.261. The molecular formula is C13H28O4. The van der Waals surface area contributed by atoms with Crippen molar-refractivity contribution in [2.75, 3.05) is 6.61 Å². The second-order valence-corrected chi connectivity index (χ2v) is 4.16. The van der Waals surface area contributed by atoms with Crippen molar-refractivity contribution in [1.82, 2.24) is 0 Å². The smallest absolute Gasteiger partial charge is 0.183 e. The van der Waals surface area contributed by atoms with E-state index in [1.807, 2.05) is 13.8 Å². The van der Waals surface area contributed by atoms with E-state index < -0.39 is 18.5 Å². The molecule has 0 aromatic heterocycles. The van der Waals surface area contributed by atoms with E-state index in [1.165, 1.54) is 0 Å². The third kappa shape index (κ3) is 6.36. The van der Waals surface area contributed by atoms with E-state index in [9.17, 15) is 10.2 Å². The van der Waals surface area contributed by atoms with Gasteiger partial charge in [0.05, 0.1) is 12.2 Å². The lowest BCUT2D eigenvalue weighted by atomic mass is 10.0. The average molecular weight is 248 g/mol. The highest BCUT2D eigenvalue weighted by Crippen LogP contribution is 2.21. The summed E-state index contributed by atoms with van der Waals surface area (Å²) in [6.07, 6.45) is 1.46. The van der Waals surface area contributed by atoms with Crippen LogP contribution in [-0.4, -0.2) is 41.4 Å². The molecule has 1 aliphatic heterocycles. The number of hydrogen-bond donors (Lipinski definition) is 2. The van der Waals surface area contributed by atoms with E-state index in [2.05, 4.69) is 6.92 Å². The first-order valence-electron chi connectivity index (χ1n) is 6.78. The van der Waals surface area contributed by atoms with Gasteiger partial charge >= 0.3 is 0 Å². The predicted octanol–water partition coefficient (Wildman–Crippen LogP) is 2.08. The van der Waals surface area contributed by atoms with E-state index in [4.69, 9.17) is 9.47 Å². The average Bonchev–Trinajstić information content (AvgIpc) is 2.33. The van der Waals surface area contributed by atoms with Gasteiger partial charge in [0, 0.05) is 13.0 Å². The van der Waals surface area contributed by atoms with Gasteiger partial charge in [-0.1, -0.05) is 33.6 Å². The van der Waals surface area contributed by atoms with Gasteiger partial charge in [-0.15, -0.1) is 0 Å². The summed E-state index contributed by atoms with van der Waals surface area (Å²) in [5, 5.41) is 19.0. The maximum absolute atomic E-state index is 9.60. The van der Waals surface area contributed by atoms with E-state index in [0.29, 0.717) is 13.0 Å². The van der Waals surface area contributed by atoms with Crippen molar-refractivity contribution in [3.63, 3.8) is 0 Å². The van der Waals surface area contributed by atoms with Crippen LogP contribution in [-0.2, 0) is 9.47 Å². The lowest BCUT2D eigenvalue weighted by Crippen LogP contribution is -2.47. The third-order valence-corrected chi connectivity index (χ3v) is 2.72. The SMILES string of the molecule is CC.CCCCCOC1OC(C)C(O)CC1O. The molecule has 2 N–H and O–H groups in total. The minimum atomic E-state index is -0.710. The molecule has 104 valence electrons. The van der Waals surface area contributed by atoms with Crippen LogP contribution in [0.4, 0.5) is 0 Å². The molecule has 0 aliphatic carbocycles. The molecule has 0 bridgehead atoms. The molecule has 1 aliphatic rings. The molecule has 1 fully saturated rings. The van der Waals surface area contributed by atoms with Gasteiger partial charge in [-0.2, -0.15) is 0 Å². The molecule has 0 aromatic carbocycles. The molecule has 0 radical (unpaired) electrons. The Morgan fingerprint density at radius 1 is 1.18 bits per heavy atom. The van der Waals surface area contributed by atoms with Gasteiger partial charge < -0.3 is 19.7 Å². The summed E-state index contributed by atoms with van der Waals surface area (Å²) in [5.41, 5.74) is 0. The van der Waals surface area contributed by atoms with Crippen molar-refractivity contribution in [2.45, 2.75) is 78.0 Å². The van der Waals surface area contributed by atoms with Crippen molar-refractivity contribution in [3.8, 4) is 0 Å². The number of unbranched alkanes of at least 4 members (excludes halogenated alkanes) is 2. The number of aliphatic hydroxyl groups is 2. The highest BCUT2D eigenvalue weighted by Gasteiger charge is 2.34. The molecule has 1 heterocycles. The zero-order chi connectivity index (χ0) is 13.3. The quantitative estimate of drug-likeness (QED) is 0.731. The van der Waals surface area contributed by atoms with Crippen molar-refractivity contribution in [1.29, 1.82) is 0 Å². The van der Waals surface area contributed by atoms with Crippen LogP contribution in [0.5, 0.6) is 0 Å². The van der Waals surface area contributed by atoms with Crippen LogP contribution >= 0.6 is 0 Å². The van der Waals surface area contributed by atoms with Crippen molar-refractivity contribution in [2.24, 2.45) is 0 Å². The van der Waals surface area contributed by atoms with E-state index >= 15 is 0 Å². The molecule has 4 nitrogen and oxygen atoms in total. The Hall–Kier alpha value is -0.160. The fourth-order valence-electron chi connectivity index (χ4n) is 1.65. The van der Waals surface area contributed by atoms with Gasteiger partial charge in [-0.05, 0) is 13.3 Å². The second kappa shape index (κ2) is 9.83. The van der Waals surface area contributed by atoms with Crippen molar-refractivity contribution < 1.29 is 19.7 Å². The molecule has 17 heavy (non-hydrogen) atoms. The summed E-state index contributed by atoms with van der Waals surface area (Å²) in [6.45, 7) is 8.53. The van der Waals surface area contributed by atoms with Crippen LogP contribution in [0.15, 0.2) is 0 Å². The van der Waals surface area contributed by atoms with Crippen LogP contribution < -0.4 is 0 Å². The maximum atomic E-state index is 9.60. The molecule has 0 amide bonds. The topological polar surface area (TPSA) is 58.9 Å². The van der Waals surface area contributed by atoms with Gasteiger partial charge in [-0.3, -0.25) is 0 Å². The molecule has 0 saturated carbocycles. The molecule has 4 unspecified atom stereocenters. The largest absolute Gasteiger partial charge is 0.390 e. The summed E-state index contributed by atoms with van der Waals surface area (Å²) in [5.74, 6) is 0. The molecule has 1 saturated heterocycles. The number of aliphatic hydroxyl groups excluding tert-OH is 2. The molecule has 1 rings (SSSR count). The van der Waals surface area contributed by atoms with Gasteiger partial charge in [0.1, 0.15) is 6.10 Å². The highest BCUT2D eigenvalue weighted by atomic mass is 16.7. The van der Waals surface area contributed by atoms with Crippen LogP contribution in [0.25, 0.3) is 0 Å². The van der Waals surface area contributed by atoms with Crippen LogP contribution in [0, 0.1) is 0 Å². The zero-order valence-corrected chi connectivity index (χ0v) is 11.6. The van der Waals surface area contributed by atoms with Crippen LogP contribution in [0.2, 0.25) is 0 Å². The monoisotopic (exact) mass is 248 g/mol. The molecule has 0 aromatic rings. The first-order chi connectivity index (χ1) is 8.15. The summed E-state index contributed by atoms with van der Waals surface area (Å²) in [4.78, 5) is 0. The molecular weight excluding hydrogens is 220 g/mol. The minimum absolute atomic E-state index is 0.260. The molecule has 0 spiro atoms. The highest BCUT2D eigenvalue weighted by molar-refractivity contribution is 4.78. The molecule has 4 atom stereocenters. The van der Waals surface area contributed by atoms with E-state index in [1.54, 1.807) is 6.92 Å². The summed E-state index contributed by atoms with van der Waals surface area (Å²) >= 11 is 0. The summed E-state index contributed by atoms with van der Waals surface area (Å²) in [6, 6.07) is 0. The van der Waals surface area contributed by atoms with Gasteiger partial charge in [0.25, 0.3) is 0 Å². The van der Waals surface area contributed by atoms with Crippen molar-refractivity contribution >= 4 is 0 Å². The van der Waals surface area contributed by atoms with E-state index in [0.717, 1.165) is 19.3 Å². The second-order valence-electron chi connectivity index (χ2n) is 4.16. The van der Waals surface area contributed by atoms with Gasteiger partial charge in [-0.25, -0.2) is 0 Å². The first kappa shape index (κ1) is 16.8. The van der Waals surface area contributed by atoms with Gasteiger partial charge in [0.2, 0.25) is 0 Å². The summed E-state index contributed by atoms with van der Waals surface area (Å²) in [7, 11) is 0. The predicted molar refractivity (Wildman–Crippen MR) is 67.8 cm³/mol. The van der Waals surface area contributed by atoms with E-state index in [-0.39, 0.29) is 6.10 Å². The Labute approximate surface area is 105 Å².